The standard InChI is InChI=1S/C18H29F.C12H24O.C9H12O.C4H10.H2O2/c1-4-7-8-14-18(12-5-2,13-6-3)16-10-9-11-17(19)15-16;1-4-5-6-8-11(2)9-7-10-12(3)13;1-3-8-7(2)5-4-6-9(8)10;1-3-4-2;1-2/h9-11,15H,4-8,12-14H2,1-3H3;11H,4-10H2,1-3H3;4-6,10H,3H2,1-2H3;3-4H2,1-2H3;1-2H. The molecule has 3 N–H and O–H groups in total. The molecular weight excluding hydrogens is 599 g/mol. The molecule has 0 radical (unpaired) electrons. The first-order chi connectivity index (χ1) is 23.0. The van der Waals surface area contributed by atoms with E-state index in [1.54, 1.807) is 25.1 Å². The first-order valence-corrected chi connectivity index (χ1v) is 19.2. The van der Waals surface area contributed by atoms with Crippen LogP contribution in [0.5, 0.6) is 5.75 Å². The third-order valence-corrected chi connectivity index (χ3v) is 8.92. The number of phenols is 1. The minimum atomic E-state index is -0.0930. The van der Waals surface area contributed by atoms with Crippen LogP contribution in [-0.2, 0) is 16.6 Å². The summed E-state index contributed by atoms with van der Waals surface area (Å²) in [6, 6.07) is 12.9. The first kappa shape index (κ1) is 50.1. The highest BCUT2D eigenvalue weighted by atomic mass is 19.1. The molecule has 0 bridgehead atoms. The van der Waals surface area contributed by atoms with E-state index in [0.717, 1.165) is 30.7 Å². The van der Waals surface area contributed by atoms with Gasteiger partial charge in [0.15, 0.2) is 0 Å². The fraction of sp³-hybridized carbons (Fsp3) is 0.698. The highest BCUT2D eigenvalue weighted by molar-refractivity contribution is 5.75. The summed E-state index contributed by atoms with van der Waals surface area (Å²) in [7, 11) is 0. The molecule has 5 heteroatoms. The van der Waals surface area contributed by atoms with E-state index >= 15 is 0 Å². The predicted octanol–water partition coefficient (Wildman–Crippen LogP) is 14.3. The van der Waals surface area contributed by atoms with Gasteiger partial charge in [-0.1, -0.05) is 157 Å². The Hall–Kier alpha value is -2.24. The Kier molecular flexibility index (Phi) is 36.2. The Balaban J connectivity index is -0.000000608. The average Bonchev–Trinajstić information content (AvgIpc) is 3.07. The lowest BCUT2D eigenvalue weighted by Gasteiger charge is -2.34. The molecule has 2 aromatic carbocycles. The van der Waals surface area contributed by atoms with Crippen LogP contribution in [0.1, 0.15) is 188 Å². The van der Waals surface area contributed by atoms with Crippen LogP contribution in [0.4, 0.5) is 4.39 Å². The molecule has 0 saturated heterocycles. The van der Waals surface area contributed by atoms with Crippen LogP contribution in [-0.4, -0.2) is 21.4 Å². The van der Waals surface area contributed by atoms with Gasteiger partial charge in [-0.15, -0.1) is 0 Å². The third-order valence-electron chi connectivity index (χ3n) is 8.92. The molecule has 2 aromatic rings. The molecule has 0 spiro atoms. The summed E-state index contributed by atoms with van der Waals surface area (Å²) in [6.07, 6.45) is 21.7. The fourth-order valence-corrected chi connectivity index (χ4v) is 6.03. The molecule has 0 amide bonds. The van der Waals surface area contributed by atoms with Crippen LogP contribution in [0.3, 0.4) is 0 Å². The highest BCUT2D eigenvalue weighted by Crippen LogP contribution is 2.39. The Morgan fingerprint density at radius 1 is 0.729 bits per heavy atom. The van der Waals surface area contributed by atoms with Crippen LogP contribution < -0.4 is 0 Å². The number of carbonyl (C=O) groups is 1. The van der Waals surface area contributed by atoms with Crippen molar-refractivity contribution < 1.29 is 24.8 Å². The summed E-state index contributed by atoms with van der Waals surface area (Å²) >= 11 is 0. The van der Waals surface area contributed by atoms with Gasteiger partial charge in [-0.05, 0) is 92.2 Å². The summed E-state index contributed by atoms with van der Waals surface area (Å²) in [6.45, 7) is 21.4. The van der Waals surface area contributed by atoms with E-state index in [0.29, 0.717) is 11.5 Å². The van der Waals surface area contributed by atoms with Crippen LogP contribution in [0.15, 0.2) is 42.5 Å². The number of benzene rings is 2. The van der Waals surface area contributed by atoms with Gasteiger partial charge in [0.2, 0.25) is 0 Å². The molecular formula is C43H77FO4. The zero-order chi connectivity index (χ0) is 37.2. The van der Waals surface area contributed by atoms with Gasteiger partial charge in [0.25, 0.3) is 0 Å². The minimum Gasteiger partial charge on any atom is -0.508 e. The molecule has 0 aliphatic heterocycles. The second-order valence-electron chi connectivity index (χ2n) is 13.4. The molecule has 0 aliphatic carbocycles. The minimum absolute atomic E-state index is 0.0930. The van der Waals surface area contributed by atoms with Crippen molar-refractivity contribution >= 4 is 5.78 Å². The number of rotatable bonds is 19. The van der Waals surface area contributed by atoms with Crippen molar-refractivity contribution in [2.45, 2.75) is 190 Å². The quantitative estimate of drug-likeness (QED) is 0.0786. The van der Waals surface area contributed by atoms with Crippen molar-refractivity contribution in [3.63, 3.8) is 0 Å². The molecule has 0 aliphatic rings. The number of halogens is 1. The van der Waals surface area contributed by atoms with Crippen LogP contribution >= 0.6 is 0 Å². The van der Waals surface area contributed by atoms with E-state index in [1.165, 1.54) is 107 Å². The van der Waals surface area contributed by atoms with Crippen LogP contribution in [0, 0.1) is 18.7 Å². The zero-order valence-corrected chi connectivity index (χ0v) is 33.0. The largest absolute Gasteiger partial charge is 0.508 e. The fourth-order valence-electron chi connectivity index (χ4n) is 6.03. The molecule has 48 heavy (non-hydrogen) atoms. The maximum atomic E-state index is 13.6. The topological polar surface area (TPSA) is 77.8 Å². The summed E-state index contributed by atoms with van der Waals surface area (Å²) in [5, 5.41) is 21.3. The zero-order valence-electron chi connectivity index (χ0n) is 33.0. The van der Waals surface area contributed by atoms with Crippen LogP contribution in [0.25, 0.3) is 0 Å². The van der Waals surface area contributed by atoms with Gasteiger partial charge in [0.05, 0.1) is 0 Å². The number of hydrogen-bond acceptors (Lipinski definition) is 4. The van der Waals surface area contributed by atoms with Crippen molar-refractivity contribution in [3.8, 4) is 5.75 Å². The van der Waals surface area contributed by atoms with Crippen molar-refractivity contribution in [1.82, 2.24) is 0 Å². The van der Waals surface area contributed by atoms with E-state index in [1.807, 2.05) is 32.0 Å². The lowest BCUT2D eigenvalue weighted by Crippen LogP contribution is -2.26. The maximum absolute atomic E-state index is 13.6. The van der Waals surface area contributed by atoms with E-state index in [-0.39, 0.29) is 11.2 Å². The molecule has 0 heterocycles. The van der Waals surface area contributed by atoms with Crippen molar-refractivity contribution in [2.24, 2.45) is 5.92 Å². The third kappa shape index (κ3) is 25.7. The number of hydrogen-bond donors (Lipinski definition) is 3. The van der Waals surface area contributed by atoms with Gasteiger partial charge in [-0.3, -0.25) is 10.5 Å². The monoisotopic (exact) mass is 677 g/mol. The number of ketones is 1. The maximum Gasteiger partial charge on any atom is 0.129 e. The van der Waals surface area contributed by atoms with Gasteiger partial charge >= 0.3 is 0 Å². The van der Waals surface area contributed by atoms with E-state index in [9.17, 15) is 14.3 Å². The Bertz CT molecular complexity index is 962. The molecule has 2 rings (SSSR count). The molecule has 0 fully saturated rings. The second-order valence-corrected chi connectivity index (χ2v) is 13.4. The summed E-state index contributed by atoms with van der Waals surface area (Å²) < 4.78 is 13.6. The first-order valence-electron chi connectivity index (χ1n) is 19.2. The second kappa shape index (κ2) is 34.6. The smallest absolute Gasteiger partial charge is 0.129 e. The Morgan fingerprint density at radius 2 is 1.27 bits per heavy atom. The summed E-state index contributed by atoms with van der Waals surface area (Å²) in [4.78, 5) is 10.7. The molecule has 280 valence electrons. The summed E-state index contributed by atoms with van der Waals surface area (Å²) in [5.41, 5.74) is 3.64. The number of unbranched alkanes of at least 4 members (excludes halogenated alkanes) is 5. The predicted molar refractivity (Wildman–Crippen MR) is 208 cm³/mol. The van der Waals surface area contributed by atoms with E-state index < -0.39 is 0 Å². The number of phenolic OH excluding ortho intramolecular Hbond substituents is 1. The van der Waals surface area contributed by atoms with Gasteiger partial charge in [-0.2, -0.15) is 0 Å². The molecule has 0 saturated carbocycles. The van der Waals surface area contributed by atoms with E-state index in [2.05, 4.69) is 54.5 Å². The number of aromatic hydroxyl groups is 1. The Labute approximate surface area is 296 Å². The number of aryl methyl sites for hydroxylation is 1. The normalized spacial score (nSPS) is 10.9. The lowest BCUT2D eigenvalue weighted by molar-refractivity contribution is -0.176. The highest BCUT2D eigenvalue weighted by Gasteiger charge is 2.30. The average molecular weight is 677 g/mol. The van der Waals surface area contributed by atoms with Gasteiger partial charge in [-0.25, -0.2) is 4.39 Å². The van der Waals surface area contributed by atoms with Crippen molar-refractivity contribution in [2.75, 3.05) is 0 Å². The van der Waals surface area contributed by atoms with Gasteiger partial charge in [0.1, 0.15) is 17.3 Å². The molecule has 4 nitrogen and oxygen atoms in total. The summed E-state index contributed by atoms with van der Waals surface area (Å²) in [5.74, 6) is 1.47. The SMILES string of the molecule is CCCC.CCCCCC(C)CCCC(C)=O.CCCCCC(CCC)(CCC)c1cccc(F)c1.CCc1c(C)cccc1O.OO. The van der Waals surface area contributed by atoms with Crippen LogP contribution in [0.2, 0.25) is 0 Å². The molecule has 1 unspecified atom stereocenters. The van der Waals surface area contributed by atoms with Crippen molar-refractivity contribution in [3.05, 3.63) is 65.0 Å². The molecule has 1 atom stereocenters. The van der Waals surface area contributed by atoms with Crippen molar-refractivity contribution in [1.29, 1.82) is 0 Å². The number of carbonyl (C=O) groups excluding carboxylic acids is 1. The van der Waals surface area contributed by atoms with Gasteiger partial charge in [0, 0.05) is 6.42 Å². The lowest BCUT2D eigenvalue weighted by atomic mass is 9.70. The van der Waals surface area contributed by atoms with Gasteiger partial charge < -0.3 is 9.90 Å². The Morgan fingerprint density at radius 3 is 1.71 bits per heavy atom. The number of Topliss-reactive ketones (excluding diaryl/α,β-unsaturated/α-hetero) is 1. The van der Waals surface area contributed by atoms with E-state index in [4.69, 9.17) is 10.5 Å². The molecule has 0 aromatic heterocycles.